The maximum absolute atomic E-state index is 12.9. The topological polar surface area (TPSA) is 72.0 Å². The van der Waals surface area contributed by atoms with Crippen molar-refractivity contribution in [2.75, 3.05) is 26.2 Å². The van der Waals surface area contributed by atoms with E-state index in [0.717, 1.165) is 19.6 Å². The Morgan fingerprint density at radius 1 is 0.909 bits per heavy atom. The number of pyridine rings is 1. The van der Waals surface area contributed by atoms with Crippen LogP contribution in [-0.2, 0) is 16.1 Å². The molecule has 1 atom stereocenters. The summed E-state index contributed by atoms with van der Waals surface area (Å²) in [4.78, 5) is 33.9. The standard InChI is InChI=1S/C26H27N3O4/c1-20(25(30)29-17-15-28(16-18-29)19-21-9-4-2-5-10-21)32-26(31)23-13-8-14-27-24(23)33-22-11-6-3-7-12-22/h2-14,20H,15-19H2,1H3/t20-/m1/s1. The zero-order valence-corrected chi connectivity index (χ0v) is 18.6. The Morgan fingerprint density at radius 3 is 2.27 bits per heavy atom. The second-order valence-corrected chi connectivity index (χ2v) is 7.91. The molecule has 1 aromatic heterocycles. The van der Waals surface area contributed by atoms with E-state index in [1.165, 1.54) is 5.56 Å². The molecule has 0 radical (unpaired) electrons. The number of hydrogen-bond donors (Lipinski definition) is 0. The van der Waals surface area contributed by atoms with Crippen molar-refractivity contribution in [2.24, 2.45) is 0 Å². The summed E-state index contributed by atoms with van der Waals surface area (Å²) in [6.45, 7) is 5.22. The molecule has 2 aromatic carbocycles. The molecule has 1 fully saturated rings. The minimum atomic E-state index is -0.900. The molecule has 0 bridgehead atoms. The van der Waals surface area contributed by atoms with Crippen LogP contribution in [0.2, 0.25) is 0 Å². The van der Waals surface area contributed by atoms with Crippen molar-refractivity contribution >= 4 is 11.9 Å². The van der Waals surface area contributed by atoms with Crippen molar-refractivity contribution < 1.29 is 19.1 Å². The maximum Gasteiger partial charge on any atom is 0.344 e. The van der Waals surface area contributed by atoms with E-state index >= 15 is 0 Å². The van der Waals surface area contributed by atoms with Gasteiger partial charge in [-0.2, -0.15) is 0 Å². The van der Waals surface area contributed by atoms with Crippen molar-refractivity contribution in [1.29, 1.82) is 0 Å². The van der Waals surface area contributed by atoms with Crippen LogP contribution in [0, 0.1) is 0 Å². The highest BCUT2D eigenvalue weighted by Gasteiger charge is 2.28. The molecule has 4 rings (SSSR count). The molecule has 0 saturated carbocycles. The van der Waals surface area contributed by atoms with Crippen molar-refractivity contribution in [2.45, 2.75) is 19.6 Å². The first kappa shape index (κ1) is 22.5. The van der Waals surface area contributed by atoms with Crippen LogP contribution < -0.4 is 4.74 Å². The van der Waals surface area contributed by atoms with E-state index in [9.17, 15) is 9.59 Å². The second kappa shape index (κ2) is 10.7. The third-order valence-corrected chi connectivity index (χ3v) is 5.51. The van der Waals surface area contributed by atoms with Gasteiger partial charge < -0.3 is 14.4 Å². The lowest BCUT2D eigenvalue weighted by atomic mass is 10.2. The lowest BCUT2D eigenvalue weighted by Gasteiger charge is -2.35. The van der Waals surface area contributed by atoms with Crippen molar-refractivity contribution in [3.05, 3.63) is 90.1 Å². The lowest BCUT2D eigenvalue weighted by Crippen LogP contribution is -2.51. The van der Waals surface area contributed by atoms with Crippen LogP contribution in [0.5, 0.6) is 11.6 Å². The molecule has 170 valence electrons. The molecule has 1 aliphatic rings. The number of carbonyl (C=O) groups is 2. The van der Waals surface area contributed by atoms with Gasteiger partial charge in [0.2, 0.25) is 5.88 Å². The number of carbonyl (C=O) groups excluding carboxylic acids is 2. The van der Waals surface area contributed by atoms with Crippen LogP contribution in [0.4, 0.5) is 0 Å². The van der Waals surface area contributed by atoms with Crippen molar-refractivity contribution in [1.82, 2.24) is 14.8 Å². The summed E-state index contributed by atoms with van der Waals surface area (Å²) in [7, 11) is 0. The average Bonchev–Trinajstić information content (AvgIpc) is 2.85. The second-order valence-electron chi connectivity index (χ2n) is 7.91. The quantitative estimate of drug-likeness (QED) is 0.516. The number of ether oxygens (including phenoxy) is 2. The van der Waals surface area contributed by atoms with Gasteiger partial charge in [0.15, 0.2) is 6.10 Å². The van der Waals surface area contributed by atoms with E-state index in [-0.39, 0.29) is 17.4 Å². The average molecular weight is 446 g/mol. The Labute approximate surface area is 193 Å². The first-order chi connectivity index (χ1) is 16.1. The number of hydrogen-bond acceptors (Lipinski definition) is 6. The van der Waals surface area contributed by atoms with Gasteiger partial charge in [-0.25, -0.2) is 9.78 Å². The van der Waals surface area contributed by atoms with E-state index in [1.807, 2.05) is 36.4 Å². The minimum absolute atomic E-state index is 0.142. The van der Waals surface area contributed by atoms with Gasteiger partial charge in [-0.15, -0.1) is 0 Å². The number of esters is 1. The molecule has 0 aliphatic carbocycles. The van der Waals surface area contributed by atoms with Crippen LogP contribution in [0.1, 0.15) is 22.8 Å². The molecule has 1 aliphatic heterocycles. The zero-order valence-electron chi connectivity index (χ0n) is 18.6. The molecule has 33 heavy (non-hydrogen) atoms. The number of piperazine rings is 1. The smallest absolute Gasteiger partial charge is 0.344 e. The van der Waals surface area contributed by atoms with E-state index in [0.29, 0.717) is 18.8 Å². The van der Waals surface area contributed by atoms with Gasteiger partial charge in [-0.3, -0.25) is 9.69 Å². The predicted octanol–water partition coefficient (Wildman–Crippen LogP) is 3.76. The summed E-state index contributed by atoms with van der Waals surface area (Å²) in [5.41, 5.74) is 1.43. The van der Waals surface area contributed by atoms with Gasteiger partial charge in [-0.1, -0.05) is 48.5 Å². The molecule has 7 nitrogen and oxygen atoms in total. The molecule has 3 aromatic rings. The maximum atomic E-state index is 12.9. The molecule has 0 N–H and O–H groups in total. The largest absolute Gasteiger partial charge is 0.449 e. The lowest BCUT2D eigenvalue weighted by molar-refractivity contribution is -0.141. The minimum Gasteiger partial charge on any atom is -0.449 e. The first-order valence-corrected chi connectivity index (χ1v) is 11.0. The number of para-hydroxylation sites is 1. The number of amides is 1. The molecule has 0 spiro atoms. The third-order valence-electron chi connectivity index (χ3n) is 5.51. The molecule has 1 amide bonds. The summed E-state index contributed by atoms with van der Waals surface area (Å²) in [6, 6.07) is 22.6. The normalized spacial score (nSPS) is 15.0. The van der Waals surface area contributed by atoms with Crippen molar-refractivity contribution in [3.8, 4) is 11.6 Å². The van der Waals surface area contributed by atoms with Crippen LogP contribution in [0.15, 0.2) is 79.0 Å². The number of nitrogens with zero attached hydrogens (tertiary/aromatic N) is 3. The Balaban J connectivity index is 1.32. The van der Waals surface area contributed by atoms with Gasteiger partial charge >= 0.3 is 5.97 Å². The van der Waals surface area contributed by atoms with Gasteiger partial charge in [-0.05, 0) is 36.8 Å². The summed E-state index contributed by atoms with van der Waals surface area (Å²) in [6.07, 6.45) is 0.640. The Morgan fingerprint density at radius 2 is 1.58 bits per heavy atom. The number of aromatic nitrogens is 1. The van der Waals surface area contributed by atoms with Crippen LogP contribution >= 0.6 is 0 Å². The SMILES string of the molecule is C[C@@H](OC(=O)c1cccnc1Oc1ccccc1)C(=O)N1CCN(Cc2ccccc2)CC1. The molecular weight excluding hydrogens is 418 g/mol. The summed E-state index contributed by atoms with van der Waals surface area (Å²) in [5.74, 6) is -0.139. The fourth-order valence-electron chi connectivity index (χ4n) is 3.73. The van der Waals surface area contributed by atoms with Crippen LogP contribution in [-0.4, -0.2) is 58.9 Å². The number of benzene rings is 2. The third kappa shape index (κ3) is 5.96. The molecule has 0 unspecified atom stereocenters. The monoisotopic (exact) mass is 445 g/mol. The van der Waals surface area contributed by atoms with Crippen LogP contribution in [0.25, 0.3) is 0 Å². The van der Waals surface area contributed by atoms with E-state index in [2.05, 4.69) is 22.0 Å². The molecule has 7 heteroatoms. The van der Waals surface area contributed by atoms with Gasteiger partial charge in [0.25, 0.3) is 5.91 Å². The van der Waals surface area contributed by atoms with Gasteiger partial charge in [0.1, 0.15) is 11.3 Å². The molecule has 1 saturated heterocycles. The molecule has 2 heterocycles. The predicted molar refractivity (Wildman–Crippen MR) is 124 cm³/mol. The van der Waals surface area contributed by atoms with E-state index < -0.39 is 12.1 Å². The molecular formula is C26H27N3O4. The highest BCUT2D eigenvalue weighted by Crippen LogP contribution is 2.23. The zero-order chi connectivity index (χ0) is 23.0. The number of rotatable bonds is 7. The van der Waals surface area contributed by atoms with Crippen LogP contribution in [0.3, 0.4) is 0 Å². The van der Waals surface area contributed by atoms with E-state index in [1.54, 1.807) is 42.3 Å². The van der Waals surface area contributed by atoms with Gasteiger partial charge in [0, 0.05) is 38.9 Å². The first-order valence-electron chi connectivity index (χ1n) is 11.0. The van der Waals surface area contributed by atoms with Gasteiger partial charge in [0.05, 0.1) is 0 Å². The van der Waals surface area contributed by atoms with E-state index in [4.69, 9.17) is 9.47 Å². The Kier molecular flexibility index (Phi) is 7.32. The van der Waals surface area contributed by atoms with Crippen molar-refractivity contribution in [3.63, 3.8) is 0 Å². The highest BCUT2D eigenvalue weighted by molar-refractivity contribution is 5.94. The summed E-state index contributed by atoms with van der Waals surface area (Å²) >= 11 is 0. The summed E-state index contributed by atoms with van der Waals surface area (Å²) < 4.78 is 11.2. The Bertz CT molecular complexity index is 1070. The fourth-order valence-corrected chi connectivity index (χ4v) is 3.73. The Hall–Kier alpha value is -3.71. The fraction of sp³-hybridized carbons (Fsp3) is 0.269. The summed E-state index contributed by atoms with van der Waals surface area (Å²) in [5, 5.41) is 0. The highest BCUT2D eigenvalue weighted by atomic mass is 16.6.